The number of piperidine rings is 1. The summed E-state index contributed by atoms with van der Waals surface area (Å²) >= 11 is 0. The molecule has 172 valence electrons. The van der Waals surface area contributed by atoms with E-state index in [1.54, 1.807) is 12.3 Å². The van der Waals surface area contributed by atoms with E-state index in [1.807, 2.05) is 60.0 Å². The maximum absolute atomic E-state index is 14.6. The van der Waals surface area contributed by atoms with Gasteiger partial charge < -0.3 is 15.5 Å². The first-order valence-electron chi connectivity index (χ1n) is 11.3. The van der Waals surface area contributed by atoms with Crippen LogP contribution in [0.25, 0.3) is 28.2 Å². The van der Waals surface area contributed by atoms with Crippen molar-refractivity contribution in [1.82, 2.24) is 14.5 Å². The number of anilines is 2. The lowest BCUT2D eigenvalue weighted by Gasteiger charge is -2.32. The summed E-state index contributed by atoms with van der Waals surface area (Å²) in [4.78, 5) is 13.9. The Bertz CT molecular complexity index is 1390. The van der Waals surface area contributed by atoms with E-state index in [2.05, 4.69) is 9.88 Å². The van der Waals surface area contributed by atoms with Gasteiger partial charge in [0.2, 0.25) is 0 Å². The molecule has 4 aromatic rings. The maximum atomic E-state index is 14.6. The fraction of sp³-hybridized carbons (Fsp3) is 0.269. The van der Waals surface area contributed by atoms with Gasteiger partial charge in [-0.05, 0) is 61.4 Å². The van der Waals surface area contributed by atoms with E-state index in [1.165, 1.54) is 12.1 Å². The van der Waals surface area contributed by atoms with Crippen LogP contribution in [-0.4, -0.2) is 47.8 Å². The monoisotopic (exact) mass is 455 g/mol. The van der Waals surface area contributed by atoms with Crippen LogP contribution >= 0.6 is 0 Å². The van der Waals surface area contributed by atoms with E-state index in [9.17, 15) is 4.39 Å². The standard InChI is InChI=1S/C26H26FN7/c1-32(2)20-7-9-21(10-8-20)34-25(17-5-6-18(15-28)22(27)14-17)31-24-23(11-12-30-26(24)34)33-13-3-4-19(29)16-33/h5-12,14,19H,3-4,13,16,29H2,1-2H3. The first-order chi connectivity index (χ1) is 16.5. The minimum absolute atomic E-state index is 0.00265. The van der Waals surface area contributed by atoms with Crippen LogP contribution in [0.4, 0.5) is 15.8 Å². The van der Waals surface area contributed by atoms with Crippen molar-refractivity contribution in [2.75, 3.05) is 37.0 Å². The maximum Gasteiger partial charge on any atom is 0.167 e. The molecule has 8 heteroatoms. The van der Waals surface area contributed by atoms with Crippen LogP contribution in [0, 0.1) is 17.1 Å². The molecule has 1 unspecified atom stereocenters. The normalized spacial score (nSPS) is 16.0. The highest BCUT2D eigenvalue weighted by atomic mass is 19.1. The van der Waals surface area contributed by atoms with Gasteiger partial charge in [-0.1, -0.05) is 0 Å². The second-order valence-corrected chi connectivity index (χ2v) is 8.84. The zero-order chi connectivity index (χ0) is 23.8. The summed E-state index contributed by atoms with van der Waals surface area (Å²) in [5.74, 6) is -0.00556. The number of nitrogens with two attached hydrogens (primary N) is 1. The summed E-state index contributed by atoms with van der Waals surface area (Å²) in [6, 6.07) is 16.6. The van der Waals surface area contributed by atoms with Gasteiger partial charge >= 0.3 is 0 Å². The van der Waals surface area contributed by atoms with Gasteiger partial charge in [0, 0.05) is 56.4 Å². The molecule has 5 rings (SSSR count). The summed E-state index contributed by atoms with van der Waals surface area (Å²) in [6.45, 7) is 1.66. The van der Waals surface area contributed by atoms with Crippen LogP contribution in [0.5, 0.6) is 0 Å². The van der Waals surface area contributed by atoms with Crippen molar-refractivity contribution in [3.05, 3.63) is 66.1 Å². The Labute approximate surface area is 197 Å². The Morgan fingerprint density at radius 2 is 1.94 bits per heavy atom. The van der Waals surface area contributed by atoms with E-state index in [-0.39, 0.29) is 11.6 Å². The lowest BCUT2D eigenvalue weighted by Crippen LogP contribution is -2.42. The van der Waals surface area contributed by atoms with Crippen molar-refractivity contribution in [2.45, 2.75) is 18.9 Å². The van der Waals surface area contributed by atoms with E-state index in [4.69, 9.17) is 16.0 Å². The molecule has 3 heterocycles. The van der Waals surface area contributed by atoms with E-state index < -0.39 is 5.82 Å². The lowest BCUT2D eigenvalue weighted by atomic mass is 10.1. The third kappa shape index (κ3) is 3.84. The van der Waals surface area contributed by atoms with Crippen molar-refractivity contribution < 1.29 is 4.39 Å². The average molecular weight is 456 g/mol. The topological polar surface area (TPSA) is 87.0 Å². The first-order valence-corrected chi connectivity index (χ1v) is 11.3. The van der Waals surface area contributed by atoms with Gasteiger partial charge in [-0.15, -0.1) is 0 Å². The molecule has 1 fully saturated rings. The molecule has 1 atom stereocenters. The number of nitriles is 1. The smallest absolute Gasteiger partial charge is 0.167 e. The highest BCUT2D eigenvalue weighted by Gasteiger charge is 2.24. The Morgan fingerprint density at radius 1 is 1.15 bits per heavy atom. The summed E-state index contributed by atoms with van der Waals surface area (Å²) in [5, 5.41) is 9.16. The highest BCUT2D eigenvalue weighted by molar-refractivity contribution is 5.90. The highest BCUT2D eigenvalue weighted by Crippen LogP contribution is 2.34. The van der Waals surface area contributed by atoms with Gasteiger partial charge in [0.05, 0.1) is 11.3 Å². The minimum atomic E-state index is -0.572. The number of fused-ring (bicyclic) bond motifs is 1. The summed E-state index contributed by atoms with van der Waals surface area (Å²) in [7, 11) is 3.98. The van der Waals surface area contributed by atoms with Gasteiger partial charge in [0.25, 0.3) is 0 Å². The third-order valence-electron chi connectivity index (χ3n) is 6.30. The average Bonchev–Trinajstić information content (AvgIpc) is 3.23. The molecule has 0 aliphatic carbocycles. The molecule has 0 spiro atoms. The van der Waals surface area contributed by atoms with Gasteiger partial charge in [-0.3, -0.25) is 4.57 Å². The number of imidazole rings is 1. The summed E-state index contributed by atoms with van der Waals surface area (Å²) in [6.07, 6.45) is 3.81. The van der Waals surface area contributed by atoms with Crippen LogP contribution in [0.15, 0.2) is 54.7 Å². The molecule has 0 saturated carbocycles. The Balaban J connectivity index is 1.73. The van der Waals surface area contributed by atoms with Crippen LogP contribution in [0.3, 0.4) is 0 Å². The van der Waals surface area contributed by atoms with Crippen molar-refractivity contribution in [3.8, 4) is 23.1 Å². The van der Waals surface area contributed by atoms with Crippen LogP contribution in [0.2, 0.25) is 0 Å². The molecule has 1 aliphatic heterocycles. The Morgan fingerprint density at radius 3 is 2.62 bits per heavy atom. The molecule has 0 bridgehead atoms. The number of hydrogen-bond donors (Lipinski definition) is 1. The van der Waals surface area contributed by atoms with Crippen LogP contribution in [0.1, 0.15) is 18.4 Å². The predicted molar refractivity (Wildman–Crippen MR) is 133 cm³/mol. The molecular weight excluding hydrogens is 429 g/mol. The molecule has 1 aliphatic rings. The minimum Gasteiger partial charge on any atom is -0.378 e. The number of hydrogen-bond acceptors (Lipinski definition) is 6. The molecule has 0 radical (unpaired) electrons. The van der Waals surface area contributed by atoms with Gasteiger partial charge in [-0.25, -0.2) is 14.4 Å². The van der Waals surface area contributed by atoms with Gasteiger partial charge in [0.15, 0.2) is 5.65 Å². The molecular formula is C26H26FN7. The second-order valence-electron chi connectivity index (χ2n) is 8.84. The summed E-state index contributed by atoms with van der Waals surface area (Å²) in [5.41, 5.74) is 11.2. The molecule has 2 N–H and O–H groups in total. The van der Waals surface area contributed by atoms with Crippen molar-refractivity contribution in [3.63, 3.8) is 0 Å². The zero-order valence-electron chi connectivity index (χ0n) is 19.2. The van der Waals surface area contributed by atoms with Crippen molar-refractivity contribution in [2.24, 2.45) is 5.73 Å². The number of rotatable bonds is 4. The molecule has 7 nitrogen and oxygen atoms in total. The second kappa shape index (κ2) is 8.76. The lowest BCUT2D eigenvalue weighted by molar-refractivity contribution is 0.507. The molecule has 2 aromatic carbocycles. The van der Waals surface area contributed by atoms with E-state index >= 15 is 0 Å². The first kappa shape index (κ1) is 21.9. The predicted octanol–water partition coefficient (Wildman–Crippen LogP) is 4.09. The molecule has 34 heavy (non-hydrogen) atoms. The number of nitrogens with zero attached hydrogens (tertiary/aromatic N) is 6. The number of benzene rings is 2. The largest absolute Gasteiger partial charge is 0.378 e. The Hall–Kier alpha value is -3.96. The Kier molecular flexibility index (Phi) is 5.64. The third-order valence-corrected chi connectivity index (χ3v) is 6.30. The summed E-state index contributed by atoms with van der Waals surface area (Å²) < 4.78 is 16.5. The fourth-order valence-corrected chi connectivity index (χ4v) is 4.53. The zero-order valence-corrected chi connectivity index (χ0v) is 19.2. The molecule has 0 amide bonds. The van der Waals surface area contributed by atoms with E-state index in [0.717, 1.165) is 48.5 Å². The fourth-order valence-electron chi connectivity index (χ4n) is 4.53. The number of aromatic nitrogens is 3. The number of halogens is 1. The van der Waals surface area contributed by atoms with Crippen LogP contribution in [-0.2, 0) is 0 Å². The van der Waals surface area contributed by atoms with Gasteiger partial charge in [-0.2, -0.15) is 5.26 Å². The SMILES string of the molecule is CN(C)c1ccc(-n2c(-c3ccc(C#N)c(F)c3)nc3c(N4CCCC(N)C4)ccnc32)cc1. The number of pyridine rings is 1. The molecule has 2 aromatic heterocycles. The van der Waals surface area contributed by atoms with Crippen molar-refractivity contribution >= 4 is 22.5 Å². The van der Waals surface area contributed by atoms with Crippen LogP contribution < -0.4 is 15.5 Å². The van der Waals surface area contributed by atoms with Crippen molar-refractivity contribution in [1.29, 1.82) is 5.26 Å². The molecule has 1 saturated heterocycles. The van der Waals surface area contributed by atoms with E-state index in [0.29, 0.717) is 17.0 Å². The van der Waals surface area contributed by atoms with Gasteiger partial charge in [0.1, 0.15) is 23.2 Å². The quantitative estimate of drug-likeness (QED) is 0.499.